The van der Waals surface area contributed by atoms with E-state index in [1.165, 1.54) is 0 Å². The van der Waals surface area contributed by atoms with Crippen molar-refractivity contribution in [3.05, 3.63) is 0 Å². The van der Waals surface area contributed by atoms with Gasteiger partial charge in [0.15, 0.2) is 0 Å². The third kappa shape index (κ3) is 3.65. The minimum Gasteiger partial charge on any atom is -0.461 e. The van der Waals surface area contributed by atoms with E-state index in [1.807, 2.05) is 13.8 Å². The molecule has 2 rings (SSSR count). The van der Waals surface area contributed by atoms with Crippen LogP contribution in [0.5, 0.6) is 6.01 Å². The molecule has 1 aromatic rings. The molecule has 1 fully saturated rings. The summed E-state index contributed by atoms with van der Waals surface area (Å²) < 4.78 is 5.42. The molecule has 1 aliphatic rings. The van der Waals surface area contributed by atoms with Gasteiger partial charge in [0.2, 0.25) is 11.9 Å². The molecule has 0 saturated heterocycles. The zero-order chi connectivity index (χ0) is 13.9. The molecule has 1 saturated carbocycles. The summed E-state index contributed by atoms with van der Waals surface area (Å²) >= 11 is 0. The number of nitrogen functional groups attached to an aromatic ring is 1. The van der Waals surface area contributed by atoms with Crippen LogP contribution in [0.25, 0.3) is 0 Å². The summed E-state index contributed by atoms with van der Waals surface area (Å²) in [7, 11) is 0. The van der Waals surface area contributed by atoms with Gasteiger partial charge in [-0.05, 0) is 26.7 Å². The highest BCUT2D eigenvalue weighted by atomic mass is 16.5. The number of nitrogens with one attached hydrogen (secondary N) is 2. The molecule has 106 valence electrons. The Labute approximate surface area is 111 Å². The van der Waals surface area contributed by atoms with Gasteiger partial charge in [0.1, 0.15) is 0 Å². The van der Waals surface area contributed by atoms with Crippen LogP contribution in [-0.4, -0.2) is 39.3 Å². The van der Waals surface area contributed by atoms with E-state index in [0.29, 0.717) is 12.5 Å². The fraction of sp³-hybridized carbons (Fsp3) is 0.727. The van der Waals surface area contributed by atoms with E-state index in [2.05, 4.69) is 25.7 Å². The lowest BCUT2D eigenvalue weighted by Crippen LogP contribution is -2.22. The maximum absolute atomic E-state index is 9.26. The largest absolute Gasteiger partial charge is 0.461 e. The van der Waals surface area contributed by atoms with Crippen LogP contribution in [0.3, 0.4) is 0 Å². The number of nitrogens with zero attached hydrogens (tertiary/aromatic N) is 3. The van der Waals surface area contributed by atoms with Crippen molar-refractivity contribution < 1.29 is 9.84 Å². The van der Waals surface area contributed by atoms with Crippen LogP contribution in [0.1, 0.15) is 26.7 Å². The lowest BCUT2D eigenvalue weighted by Gasteiger charge is -2.14. The van der Waals surface area contributed by atoms with E-state index in [0.717, 1.165) is 12.8 Å². The van der Waals surface area contributed by atoms with Crippen LogP contribution >= 0.6 is 0 Å². The van der Waals surface area contributed by atoms with Crippen molar-refractivity contribution in [2.75, 3.05) is 23.9 Å². The van der Waals surface area contributed by atoms with Gasteiger partial charge in [-0.3, -0.25) is 5.43 Å². The Kier molecular flexibility index (Phi) is 4.01. The van der Waals surface area contributed by atoms with Gasteiger partial charge in [0, 0.05) is 12.0 Å². The summed E-state index contributed by atoms with van der Waals surface area (Å²) in [5.74, 6) is 5.94. The van der Waals surface area contributed by atoms with Gasteiger partial charge in [-0.25, -0.2) is 5.84 Å². The van der Waals surface area contributed by atoms with Crippen molar-refractivity contribution in [2.24, 2.45) is 11.3 Å². The average Bonchev–Trinajstić information content (AvgIpc) is 3.16. The van der Waals surface area contributed by atoms with Crippen molar-refractivity contribution in [3.8, 4) is 6.01 Å². The molecule has 8 heteroatoms. The second-order valence-corrected chi connectivity index (χ2v) is 5.09. The molecule has 19 heavy (non-hydrogen) atoms. The summed E-state index contributed by atoms with van der Waals surface area (Å²) in [6, 6.07) is 0.217. The first-order chi connectivity index (χ1) is 9.07. The molecule has 1 heterocycles. The highest BCUT2D eigenvalue weighted by Gasteiger charge is 2.41. The highest BCUT2D eigenvalue weighted by molar-refractivity contribution is 5.35. The Morgan fingerprint density at radius 2 is 2.00 bits per heavy atom. The summed E-state index contributed by atoms with van der Waals surface area (Å²) in [6.07, 6.45) is 1.99. The second-order valence-electron chi connectivity index (χ2n) is 5.09. The number of hydrazine groups is 1. The van der Waals surface area contributed by atoms with Gasteiger partial charge >= 0.3 is 6.01 Å². The maximum atomic E-state index is 9.26. The third-order valence-electron chi connectivity index (χ3n) is 3.00. The number of aliphatic hydroxyl groups excluding tert-OH is 1. The number of aliphatic hydroxyl groups is 1. The monoisotopic (exact) mass is 268 g/mol. The zero-order valence-corrected chi connectivity index (χ0v) is 11.2. The van der Waals surface area contributed by atoms with Crippen LogP contribution in [0.4, 0.5) is 11.9 Å². The van der Waals surface area contributed by atoms with E-state index in [1.54, 1.807) is 0 Å². The molecule has 0 bridgehead atoms. The number of aromatic nitrogens is 3. The van der Waals surface area contributed by atoms with E-state index in [4.69, 9.17) is 10.6 Å². The maximum Gasteiger partial charge on any atom is 0.323 e. The third-order valence-corrected chi connectivity index (χ3v) is 3.00. The van der Waals surface area contributed by atoms with Crippen LogP contribution in [-0.2, 0) is 0 Å². The van der Waals surface area contributed by atoms with Gasteiger partial charge < -0.3 is 15.2 Å². The van der Waals surface area contributed by atoms with Gasteiger partial charge in [-0.1, -0.05) is 0 Å². The molecule has 0 aliphatic heterocycles. The lowest BCUT2D eigenvalue weighted by atomic mass is 10.1. The Morgan fingerprint density at radius 3 is 2.53 bits per heavy atom. The van der Waals surface area contributed by atoms with E-state index in [-0.39, 0.29) is 30.1 Å². The topological polar surface area (TPSA) is 118 Å². The summed E-state index contributed by atoms with van der Waals surface area (Å²) in [4.78, 5) is 12.2. The summed E-state index contributed by atoms with van der Waals surface area (Å²) in [6.45, 7) is 4.57. The number of rotatable bonds is 7. The van der Waals surface area contributed by atoms with Crippen LogP contribution < -0.4 is 21.3 Å². The standard InChI is InChI=1S/C11H20N6O2/c1-7(2)19-10-15-8(14-9(16-10)17-12)13-5-11(6-18)3-4-11/h7,18H,3-6,12H2,1-2H3,(H2,13,14,15,16,17). The fourth-order valence-corrected chi connectivity index (χ4v) is 1.60. The SMILES string of the molecule is CC(C)Oc1nc(NN)nc(NCC2(CO)CC2)n1. The molecule has 8 nitrogen and oxygen atoms in total. The highest BCUT2D eigenvalue weighted by Crippen LogP contribution is 2.44. The van der Waals surface area contributed by atoms with Gasteiger partial charge in [-0.2, -0.15) is 15.0 Å². The predicted octanol–water partition coefficient (Wildman–Crippen LogP) is 0.129. The Hall–Kier alpha value is -1.67. The molecular formula is C11H20N6O2. The molecule has 0 aromatic carbocycles. The van der Waals surface area contributed by atoms with Crippen molar-refractivity contribution in [2.45, 2.75) is 32.8 Å². The lowest BCUT2D eigenvalue weighted by molar-refractivity contribution is 0.218. The van der Waals surface area contributed by atoms with Crippen molar-refractivity contribution >= 4 is 11.9 Å². The smallest absolute Gasteiger partial charge is 0.323 e. The van der Waals surface area contributed by atoms with Crippen molar-refractivity contribution in [1.82, 2.24) is 15.0 Å². The normalized spacial score (nSPS) is 16.3. The molecule has 0 unspecified atom stereocenters. The number of anilines is 2. The summed E-state index contributed by atoms with van der Waals surface area (Å²) in [5.41, 5.74) is 2.35. The van der Waals surface area contributed by atoms with Crippen molar-refractivity contribution in [1.29, 1.82) is 0 Å². The molecule has 1 aliphatic carbocycles. The molecule has 1 aromatic heterocycles. The average molecular weight is 268 g/mol. The molecule has 5 N–H and O–H groups in total. The van der Waals surface area contributed by atoms with Crippen LogP contribution in [0, 0.1) is 5.41 Å². The van der Waals surface area contributed by atoms with Crippen LogP contribution in [0.15, 0.2) is 0 Å². The Balaban J connectivity index is 2.06. The Bertz CT molecular complexity index is 435. The zero-order valence-electron chi connectivity index (χ0n) is 11.2. The van der Waals surface area contributed by atoms with Crippen molar-refractivity contribution in [3.63, 3.8) is 0 Å². The van der Waals surface area contributed by atoms with Gasteiger partial charge in [0.25, 0.3) is 0 Å². The first kappa shape index (κ1) is 13.8. The number of ether oxygens (including phenoxy) is 1. The van der Waals surface area contributed by atoms with E-state index in [9.17, 15) is 5.11 Å². The van der Waals surface area contributed by atoms with Gasteiger partial charge in [-0.15, -0.1) is 0 Å². The number of hydrogen-bond donors (Lipinski definition) is 4. The van der Waals surface area contributed by atoms with Gasteiger partial charge in [0.05, 0.1) is 12.7 Å². The minimum absolute atomic E-state index is 0.0258. The van der Waals surface area contributed by atoms with E-state index >= 15 is 0 Å². The number of nitrogens with two attached hydrogens (primary N) is 1. The van der Waals surface area contributed by atoms with Crippen LogP contribution in [0.2, 0.25) is 0 Å². The summed E-state index contributed by atoms with van der Waals surface area (Å²) in [5, 5.41) is 12.3. The Morgan fingerprint density at radius 1 is 1.32 bits per heavy atom. The van der Waals surface area contributed by atoms with E-state index < -0.39 is 0 Å². The molecule has 0 atom stereocenters. The first-order valence-corrected chi connectivity index (χ1v) is 6.31. The number of hydrogen-bond acceptors (Lipinski definition) is 8. The molecule has 0 amide bonds. The minimum atomic E-state index is -0.0342. The first-order valence-electron chi connectivity index (χ1n) is 6.31. The molecule has 0 radical (unpaired) electrons. The molecular weight excluding hydrogens is 248 g/mol. The quantitative estimate of drug-likeness (QED) is 0.407. The predicted molar refractivity (Wildman–Crippen MR) is 70.6 cm³/mol. The second kappa shape index (κ2) is 5.54. The molecule has 0 spiro atoms. The fourth-order valence-electron chi connectivity index (χ4n) is 1.60.